The van der Waals surface area contributed by atoms with Gasteiger partial charge >= 0.3 is 0 Å². The summed E-state index contributed by atoms with van der Waals surface area (Å²) in [6.45, 7) is 8.74. The number of nitrogens with zero attached hydrogens (tertiary/aromatic N) is 1. The molecule has 4 nitrogen and oxygen atoms in total. The molecule has 1 amide bonds. The number of hydrogen-bond acceptors (Lipinski definition) is 3. The molecule has 0 aromatic heterocycles. The number of carbonyl (C=O) groups excluding carboxylic acids is 1. The summed E-state index contributed by atoms with van der Waals surface area (Å²) in [4.78, 5) is 15.0. The van der Waals surface area contributed by atoms with Crippen LogP contribution >= 0.6 is 0 Å². The summed E-state index contributed by atoms with van der Waals surface area (Å²) in [6.07, 6.45) is 0.801. The van der Waals surface area contributed by atoms with Gasteiger partial charge in [0.25, 0.3) is 0 Å². The van der Waals surface area contributed by atoms with Gasteiger partial charge in [-0.05, 0) is 57.4 Å². The number of benzene rings is 2. The van der Waals surface area contributed by atoms with E-state index >= 15 is 0 Å². The third-order valence-electron chi connectivity index (χ3n) is 5.27. The minimum Gasteiger partial charge on any atom is -0.497 e. The van der Waals surface area contributed by atoms with E-state index in [0.29, 0.717) is 6.54 Å². The zero-order valence-corrected chi connectivity index (χ0v) is 16.3. The lowest BCUT2D eigenvalue weighted by Crippen LogP contribution is -2.49. The highest BCUT2D eigenvalue weighted by molar-refractivity contribution is 5.89. The molecule has 0 saturated carbocycles. The Kier molecular flexibility index (Phi) is 4.80. The van der Waals surface area contributed by atoms with E-state index in [2.05, 4.69) is 55.6 Å². The predicted octanol–water partition coefficient (Wildman–Crippen LogP) is 3.63. The lowest BCUT2D eigenvalue weighted by Gasteiger charge is -2.36. The second kappa shape index (κ2) is 6.76. The summed E-state index contributed by atoms with van der Waals surface area (Å²) in [5.74, 6) is 0.979. The van der Waals surface area contributed by atoms with Crippen molar-refractivity contribution in [2.45, 2.75) is 45.3 Å². The minimum atomic E-state index is -0.584. The van der Waals surface area contributed by atoms with Crippen molar-refractivity contribution in [3.05, 3.63) is 65.2 Å². The molecule has 1 saturated heterocycles. The molecule has 0 radical (unpaired) electrons. The van der Waals surface area contributed by atoms with Crippen LogP contribution in [0.5, 0.6) is 5.75 Å². The molecule has 4 heteroatoms. The van der Waals surface area contributed by atoms with Gasteiger partial charge in [-0.25, -0.2) is 0 Å². The SMILES string of the molecule is COc1ccc(CCN2C(=O)C(C)(C)NC2(C)c2ccc(C)cc2)cc1. The molecule has 1 fully saturated rings. The van der Waals surface area contributed by atoms with Crippen LogP contribution in [0, 0.1) is 6.92 Å². The summed E-state index contributed by atoms with van der Waals surface area (Å²) in [5.41, 5.74) is 2.41. The maximum absolute atomic E-state index is 13.0. The monoisotopic (exact) mass is 352 g/mol. The Hall–Kier alpha value is -2.33. The average Bonchev–Trinajstić information content (AvgIpc) is 2.79. The van der Waals surface area contributed by atoms with Crippen molar-refractivity contribution in [3.8, 4) is 5.75 Å². The number of amides is 1. The Morgan fingerprint density at radius 1 is 1.00 bits per heavy atom. The van der Waals surface area contributed by atoms with Crippen LogP contribution < -0.4 is 10.1 Å². The molecule has 1 aliphatic heterocycles. The summed E-state index contributed by atoms with van der Waals surface area (Å²) in [7, 11) is 1.67. The van der Waals surface area contributed by atoms with Gasteiger partial charge in [0, 0.05) is 6.54 Å². The lowest BCUT2D eigenvalue weighted by atomic mass is 9.98. The second-order valence-electron chi connectivity index (χ2n) is 7.74. The third-order valence-corrected chi connectivity index (χ3v) is 5.27. The van der Waals surface area contributed by atoms with Gasteiger partial charge in [-0.15, -0.1) is 0 Å². The van der Waals surface area contributed by atoms with Crippen LogP contribution in [-0.4, -0.2) is 30.0 Å². The molecule has 0 spiro atoms. The van der Waals surface area contributed by atoms with E-state index in [-0.39, 0.29) is 5.91 Å². The van der Waals surface area contributed by atoms with E-state index in [4.69, 9.17) is 4.74 Å². The fourth-order valence-corrected chi connectivity index (χ4v) is 3.73. The van der Waals surface area contributed by atoms with E-state index in [0.717, 1.165) is 17.7 Å². The van der Waals surface area contributed by atoms with Gasteiger partial charge in [0.15, 0.2) is 0 Å². The normalized spacial score (nSPS) is 21.9. The molecule has 1 atom stereocenters. The number of ether oxygens (including phenoxy) is 1. The summed E-state index contributed by atoms with van der Waals surface area (Å²) >= 11 is 0. The van der Waals surface area contributed by atoms with Crippen LogP contribution in [0.25, 0.3) is 0 Å². The van der Waals surface area contributed by atoms with Gasteiger partial charge in [0.1, 0.15) is 11.4 Å². The van der Waals surface area contributed by atoms with Gasteiger partial charge < -0.3 is 9.64 Å². The standard InChI is InChI=1S/C22H28N2O2/c1-16-6-10-18(11-7-16)22(4)23-21(2,3)20(25)24(22)15-14-17-8-12-19(26-5)13-9-17/h6-13,23H,14-15H2,1-5H3. The highest BCUT2D eigenvalue weighted by Crippen LogP contribution is 2.36. The third kappa shape index (κ3) is 3.34. The molecule has 0 aliphatic carbocycles. The first kappa shape index (κ1) is 18.5. The molecule has 138 valence electrons. The molecule has 1 N–H and O–H groups in total. The van der Waals surface area contributed by atoms with Crippen molar-refractivity contribution in [1.29, 1.82) is 0 Å². The molecule has 2 aromatic carbocycles. The van der Waals surface area contributed by atoms with E-state index < -0.39 is 11.2 Å². The lowest BCUT2D eigenvalue weighted by molar-refractivity contribution is -0.134. The number of aryl methyl sites for hydroxylation is 1. The topological polar surface area (TPSA) is 41.6 Å². The van der Waals surface area contributed by atoms with Crippen LogP contribution in [0.4, 0.5) is 0 Å². The zero-order valence-electron chi connectivity index (χ0n) is 16.3. The molecule has 26 heavy (non-hydrogen) atoms. The highest BCUT2D eigenvalue weighted by Gasteiger charge is 2.52. The Morgan fingerprint density at radius 2 is 1.62 bits per heavy atom. The first-order valence-electron chi connectivity index (χ1n) is 9.08. The van der Waals surface area contributed by atoms with Crippen LogP contribution in [0.15, 0.2) is 48.5 Å². The first-order chi connectivity index (χ1) is 12.3. The van der Waals surface area contributed by atoms with Crippen LogP contribution in [0.2, 0.25) is 0 Å². The second-order valence-corrected chi connectivity index (χ2v) is 7.74. The molecule has 2 aromatic rings. The largest absolute Gasteiger partial charge is 0.497 e. The van der Waals surface area contributed by atoms with Gasteiger partial charge in [-0.3, -0.25) is 10.1 Å². The van der Waals surface area contributed by atoms with E-state index in [9.17, 15) is 4.79 Å². The molecular formula is C22H28N2O2. The molecule has 1 aliphatic rings. The minimum absolute atomic E-state index is 0.133. The van der Waals surface area contributed by atoms with E-state index in [1.165, 1.54) is 11.1 Å². The number of carbonyl (C=O) groups is 1. The van der Waals surface area contributed by atoms with E-state index in [1.807, 2.05) is 30.9 Å². The van der Waals surface area contributed by atoms with Crippen LogP contribution in [0.3, 0.4) is 0 Å². The first-order valence-corrected chi connectivity index (χ1v) is 9.08. The molecule has 3 rings (SSSR count). The van der Waals surface area contributed by atoms with Gasteiger partial charge in [0.2, 0.25) is 5.91 Å². The van der Waals surface area contributed by atoms with Gasteiger partial charge in [0.05, 0.1) is 12.6 Å². The fourth-order valence-electron chi connectivity index (χ4n) is 3.73. The number of hydrogen-bond donors (Lipinski definition) is 1. The van der Waals surface area contributed by atoms with Crippen molar-refractivity contribution < 1.29 is 9.53 Å². The molecular weight excluding hydrogens is 324 g/mol. The van der Waals surface area contributed by atoms with Gasteiger partial charge in [-0.2, -0.15) is 0 Å². The maximum Gasteiger partial charge on any atom is 0.244 e. The van der Waals surface area contributed by atoms with Crippen molar-refractivity contribution in [3.63, 3.8) is 0 Å². The smallest absolute Gasteiger partial charge is 0.244 e. The van der Waals surface area contributed by atoms with Crippen LogP contribution in [0.1, 0.15) is 37.5 Å². The fraction of sp³-hybridized carbons (Fsp3) is 0.409. The van der Waals surface area contributed by atoms with Crippen molar-refractivity contribution >= 4 is 5.91 Å². The van der Waals surface area contributed by atoms with E-state index in [1.54, 1.807) is 7.11 Å². The zero-order chi connectivity index (χ0) is 18.9. The molecule has 1 unspecified atom stereocenters. The quantitative estimate of drug-likeness (QED) is 0.893. The van der Waals surface area contributed by atoms with Crippen molar-refractivity contribution in [2.75, 3.05) is 13.7 Å². The van der Waals surface area contributed by atoms with Crippen molar-refractivity contribution in [1.82, 2.24) is 10.2 Å². The summed E-state index contributed by atoms with van der Waals surface area (Å²) < 4.78 is 5.22. The Morgan fingerprint density at radius 3 is 2.19 bits per heavy atom. The Balaban J connectivity index is 1.85. The number of nitrogens with one attached hydrogen (secondary N) is 1. The number of methoxy groups -OCH3 is 1. The Bertz CT molecular complexity index is 781. The van der Waals surface area contributed by atoms with Crippen molar-refractivity contribution in [2.24, 2.45) is 0 Å². The number of rotatable bonds is 5. The summed E-state index contributed by atoms with van der Waals surface area (Å²) in [6, 6.07) is 16.4. The molecule has 1 heterocycles. The van der Waals surface area contributed by atoms with Crippen LogP contribution in [-0.2, 0) is 16.9 Å². The van der Waals surface area contributed by atoms with Gasteiger partial charge in [-0.1, -0.05) is 42.0 Å². The molecule has 0 bridgehead atoms. The average molecular weight is 352 g/mol. The maximum atomic E-state index is 13.0. The summed E-state index contributed by atoms with van der Waals surface area (Å²) in [5, 5.41) is 3.55. The predicted molar refractivity (Wildman–Crippen MR) is 104 cm³/mol. The highest BCUT2D eigenvalue weighted by atomic mass is 16.5. The Labute approximate surface area is 156 Å².